The molecule has 0 saturated carbocycles. The molecule has 0 radical (unpaired) electrons. The highest BCUT2D eigenvalue weighted by Gasteiger charge is 2.06. The van der Waals surface area contributed by atoms with Crippen LogP contribution in [0.4, 0.5) is 0 Å². The first kappa shape index (κ1) is 13.8. The Hall–Kier alpha value is -1.59. The Morgan fingerprint density at radius 2 is 2.16 bits per heavy atom. The molecule has 0 bridgehead atoms. The molecule has 0 fully saturated rings. The van der Waals surface area contributed by atoms with Crippen LogP contribution in [0, 0.1) is 0 Å². The van der Waals surface area contributed by atoms with Crippen LogP contribution in [-0.4, -0.2) is 36.1 Å². The van der Waals surface area contributed by atoms with E-state index in [9.17, 15) is 4.79 Å². The number of likely N-dealkylation sites (N-methyl/N-ethyl adjacent to an activating group) is 1. The number of nitrogens with zero attached hydrogens (tertiary/aromatic N) is 2. The maximum Gasteiger partial charge on any atom is 0.419 e. The molecule has 1 heterocycles. The predicted molar refractivity (Wildman–Crippen MR) is 76.3 cm³/mol. The Morgan fingerprint density at radius 3 is 2.89 bits per heavy atom. The molecular formula is C14H21N3O2. The summed E-state index contributed by atoms with van der Waals surface area (Å²) in [6.45, 7) is 2.64. The zero-order valence-corrected chi connectivity index (χ0v) is 11.6. The Balaban J connectivity index is 2.00. The molecule has 0 unspecified atom stereocenters. The van der Waals surface area contributed by atoms with Gasteiger partial charge in [-0.15, -0.1) is 0 Å². The van der Waals surface area contributed by atoms with Gasteiger partial charge in [-0.3, -0.25) is 4.57 Å². The van der Waals surface area contributed by atoms with E-state index in [1.54, 1.807) is 7.05 Å². The Morgan fingerprint density at radius 1 is 1.37 bits per heavy atom. The highest BCUT2D eigenvalue weighted by molar-refractivity contribution is 5.73. The van der Waals surface area contributed by atoms with Gasteiger partial charge in [0.1, 0.15) is 0 Å². The lowest BCUT2D eigenvalue weighted by atomic mass is 10.1. The van der Waals surface area contributed by atoms with E-state index >= 15 is 0 Å². The van der Waals surface area contributed by atoms with Crippen LogP contribution in [0.5, 0.6) is 0 Å². The highest BCUT2D eigenvalue weighted by atomic mass is 16.4. The van der Waals surface area contributed by atoms with Crippen LogP contribution in [0.15, 0.2) is 27.4 Å². The Bertz CT molecular complexity index is 600. The second-order valence-corrected chi connectivity index (χ2v) is 4.92. The van der Waals surface area contributed by atoms with Crippen LogP contribution in [0.3, 0.4) is 0 Å². The average molecular weight is 263 g/mol. The van der Waals surface area contributed by atoms with E-state index in [0.29, 0.717) is 12.1 Å². The number of fused-ring (bicyclic) bond motifs is 1. The quantitative estimate of drug-likeness (QED) is 0.843. The van der Waals surface area contributed by atoms with E-state index in [1.807, 2.05) is 12.1 Å². The van der Waals surface area contributed by atoms with Crippen LogP contribution in [0.1, 0.15) is 12.0 Å². The molecule has 0 aliphatic rings. The van der Waals surface area contributed by atoms with Crippen molar-refractivity contribution in [2.24, 2.45) is 12.8 Å². The second-order valence-electron chi connectivity index (χ2n) is 4.92. The summed E-state index contributed by atoms with van der Waals surface area (Å²) in [5, 5.41) is 0. The summed E-state index contributed by atoms with van der Waals surface area (Å²) in [6, 6.07) is 5.96. The highest BCUT2D eigenvalue weighted by Crippen LogP contribution is 2.15. The normalized spacial score (nSPS) is 11.6. The number of rotatable bonds is 6. The molecular weight excluding hydrogens is 242 g/mol. The van der Waals surface area contributed by atoms with Gasteiger partial charge in [0.05, 0.1) is 5.52 Å². The maximum atomic E-state index is 11.4. The van der Waals surface area contributed by atoms with Crippen molar-refractivity contribution in [1.82, 2.24) is 9.47 Å². The van der Waals surface area contributed by atoms with Gasteiger partial charge in [0.25, 0.3) is 0 Å². The second kappa shape index (κ2) is 6.04. The van der Waals surface area contributed by atoms with Gasteiger partial charge >= 0.3 is 5.76 Å². The zero-order chi connectivity index (χ0) is 13.8. The number of benzene rings is 1. The molecule has 0 aliphatic heterocycles. The van der Waals surface area contributed by atoms with Gasteiger partial charge in [-0.25, -0.2) is 4.79 Å². The zero-order valence-electron chi connectivity index (χ0n) is 11.6. The lowest BCUT2D eigenvalue weighted by molar-refractivity contribution is 0.338. The Kier molecular flexibility index (Phi) is 4.39. The minimum absolute atomic E-state index is 0.310. The van der Waals surface area contributed by atoms with Gasteiger partial charge < -0.3 is 15.1 Å². The average Bonchev–Trinajstić information content (AvgIpc) is 2.65. The van der Waals surface area contributed by atoms with Crippen LogP contribution in [-0.2, 0) is 13.5 Å². The number of aromatic nitrogens is 1. The number of aryl methyl sites for hydroxylation is 2. The van der Waals surface area contributed by atoms with Crippen molar-refractivity contribution in [3.63, 3.8) is 0 Å². The van der Waals surface area contributed by atoms with Crippen LogP contribution in [0.2, 0.25) is 0 Å². The van der Waals surface area contributed by atoms with Gasteiger partial charge in [0.15, 0.2) is 5.58 Å². The largest absolute Gasteiger partial charge is 0.419 e. The number of hydrogen-bond acceptors (Lipinski definition) is 4. The standard InChI is InChI=1S/C14H21N3O2/c1-16(9-7-15)8-3-4-11-5-6-12-13(10-11)19-14(18)17(12)2/h5-6,10H,3-4,7-9,15H2,1-2H3. The first-order valence-corrected chi connectivity index (χ1v) is 6.59. The summed E-state index contributed by atoms with van der Waals surface area (Å²) in [5.74, 6) is -0.310. The molecule has 2 rings (SSSR count). The van der Waals surface area contributed by atoms with E-state index in [2.05, 4.69) is 18.0 Å². The number of oxazole rings is 1. The SMILES string of the molecule is CN(CCN)CCCc1ccc2c(c1)oc(=O)n2C. The summed E-state index contributed by atoms with van der Waals surface area (Å²) < 4.78 is 6.71. The third-order valence-corrected chi connectivity index (χ3v) is 3.37. The van der Waals surface area contributed by atoms with E-state index in [4.69, 9.17) is 10.2 Å². The third-order valence-electron chi connectivity index (χ3n) is 3.37. The summed E-state index contributed by atoms with van der Waals surface area (Å²) in [5.41, 5.74) is 8.21. The van der Waals surface area contributed by atoms with Gasteiger partial charge in [-0.05, 0) is 44.1 Å². The molecule has 0 aliphatic carbocycles. The first-order valence-electron chi connectivity index (χ1n) is 6.59. The molecule has 0 atom stereocenters. The van der Waals surface area contributed by atoms with Crippen molar-refractivity contribution in [3.05, 3.63) is 34.3 Å². The lowest BCUT2D eigenvalue weighted by Crippen LogP contribution is -2.26. The monoisotopic (exact) mass is 263 g/mol. The minimum atomic E-state index is -0.310. The van der Waals surface area contributed by atoms with Crippen molar-refractivity contribution in [2.75, 3.05) is 26.7 Å². The van der Waals surface area contributed by atoms with Crippen LogP contribution >= 0.6 is 0 Å². The predicted octanol–water partition coefficient (Wildman–Crippen LogP) is 0.955. The van der Waals surface area contributed by atoms with Crippen LogP contribution < -0.4 is 11.5 Å². The number of hydrogen-bond donors (Lipinski definition) is 1. The molecule has 2 N–H and O–H groups in total. The summed E-state index contributed by atoms with van der Waals surface area (Å²) >= 11 is 0. The molecule has 19 heavy (non-hydrogen) atoms. The molecule has 1 aromatic heterocycles. The maximum absolute atomic E-state index is 11.4. The fraction of sp³-hybridized carbons (Fsp3) is 0.500. The van der Waals surface area contributed by atoms with E-state index < -0.39 is 0 Å². The molecule has 0 saturated heterocycles. The van der Waals surface area contributed by atoms with E-state index in [-0.39, 0.29) is 5.76 Å². The molecule has 0 amide bonds. The topological polar surface area (TPSA) is 64.4 Å². The van der Waals surface area contributed by atoms with Gasteiger partial charge in [0.2, 0.25) is 0 Å². The summed E-state index contributed by atoms with van der Waals surface area (Å²) in [4.78, 5) is 13.6. The third kappa shape index (κ3) is 3.24. The van der Waals surface area contributed by atoms with Gasteiger partial charge in [-0.2, -0.15) is 0 Å². The molecule has 5 heteroatoms. The van der Waals surface area contributed by atoms with E-state index in [0.717, 1.165) is 31.4 Å². The molecule has 2 aromatic rings. The summed E-state index contributed by atoms with van der Waals surface area (Å²) in [7, 11) is 3.79. The smallest absolute Gasteiger partial charge is 0.408 e. The van der Waals surface area contributed by atoms with Crippen LogP contribution in [0.25, 0.3) is 11.1 Å². The summed E-state index contributed by atoms with van der Waals surface area (Å²) in [6.07, 6.45) is 2.04. The minimum Gasteiger partial charge on any atom is -0.408 e. The van der Waals surface area contributed by atoms with Gasteiger partial charge in [0, 0.05) is 20.1 Å². The fourth-order valence-electron chi connectivity index (χ4n) is 2.22. The fourth-order valence-corrected chi connectivity index (χ4v) is 2.22. The lowest BCUT2D eigenvalue weighted by Gasteiger charge is -2.14. The first-order chi connectivity index (χ1) is 9.11. The Labute approximate surface area is 112 Å². The molecule has 0 spiro atoms. The van der Waals surface area contributed by atoms with Crippen molar-refractivity contribution >= 4 is 11.1 Å². The molecule has 104 valence electrons. The van der Waals surface area contributed by atoms with Crippen molar-refractivity contribution in [3.8, 4) is 0 Å². The molecule has 5 nitrogen and oxygen atoms in total. The number of nitrogens with two attached hydrogens (primary N) is 1. The van der Waals surface area contributed by atoms with Crippen molar-refractivity contribution < 1.29 is 4.42 Å². The van der Waals surface area contributed by atoms with E-state index in [1.165, 1.54) is 10.1 Å². The van der Waals surface area contributed by atoms with Crippen molar-refractivity contribution in [1.29, 1.82) is 0 Å². The van der Waals surface area contributed by atoms with Crippen molar-refractivity contribution in [2.45, 2.75) is 12.8 Å². The van der Waals surface area contributed by atoms with Gasteiger partial charge in [-0.1, -0.05) is 6.07 Å². The molecule has 1 aromatic carbocycles.